The van der Waals surface area contributed by atoms with E-state index in [4.69, 9.17) is 10.2 Å². The molecule has 6 nitrogen and oxygen atoms in total. The molecule has 1 aliphatic heterocycles. The predicted octanol–water partition coefficient (Wildman–Crippen LogP) is 2.92. The third-order valence-electron chi connectivity index (χ3n) is 6.34. The lowest BCUT2D eigenvalue weighted by Crippen LogP contribution is -2.48. The molecule has 2 aliphatic rings. The molecule has 6 heteroatoms. The molecule has 0 aromatic carbocycles. The number of hydrogen-bond acceptors (Lipinski definition) is 4. The summed E-state index contributed by atoms with van der Waals surface area (Å²) < 4.78 is 5.44. The van der Waals surface area contributed by atoms with E-state index in [-0.39, 0.29) is 23.3 Å². The van der Waals surface area contributed by atoms with Crippen molar-refractivity contribution in [2.24, 2.45) is 11.1 Å². The predicted molar refractivity (Wildman–Crippen MR) is 104 cm³/mol. The second-order valence-corrected chi connectivity index (χ2v) is 8.40. The van der Waals surface area contributed by atoms with Gasteiger partial charge in [-0.2, -0.15) is 0 Å². The first-order chi connectivity index (χ1) is 12.9. The van der Waals surface area contributed by atoms with Crippen molar-refractivity contribution in [2.75, 3.05) is 19.6 Å². The number of rotatable bonds is 5. The van der Waals surface area contributed by atoms with E-state index in [1.165, 1.54) is 19.3 Å². The number of amides is 2. The van der Waals surface area contributed by atoms with Crippen LogP contribution >= 0.6 is 0 Å². The van der Waals surface area contributed by atoms with Crippen LogP contribution in [0.4, 0.5) is 0 Å². The molecule has 1 aliphatic carbocycles. The van der Waals surface area contributed by atoms with Crippen molar-refractivity contribution in [1.82, 2.24) is 10.2 Å². The van der Waals surface area contributed by atoms with Gasteiger partial charge in [0.05, 0.1) is 5.56 Å². The number of piperidine rings is 1. The maximum atomic E-state index is 12.8. The topological polar surface area (TPSA) is 88.6 Å². The highest BCUT2D eigenvalue weighted by Crippen LogP contribution is 2.39. The highest BCUT2D eigenvalue weighted by atomic mass is 16.3. The van der Waals surface area contributed by atoms with E-state index in [0.29, 0.717) is 37.4 Å². The van der Waals surface area contributed by atoms with Crippen molar-refractivity contribution < 1.29 is 14.0 Å². The maximum Gasteiger partial charge on any atom is 0.255 e. The Morgan fingerprint density at radius 2 is 1.89 bits per heavy atom. The Morgan fingerprint density at radius 3 is 2.44 bits per heavy atom. The normalized spacial score (nSPS) is 20.5. The zero-order chi connectivity index (χ0) is 19.4. The quantitative estimate of drug-likeness (QED) is 0.828. The number of aryl methyl sites for hydroxylation is 2. The van der Waals surface area contributed by atoms with E-state index in [1.54, 1.807) is 6.07 Å². The van der Waals surface area contributed by atoms with Gasteiger partial charge >= 0.3 is 0 Å². The molecule has 1 aromatic heterocycles. The molecule has 2 heterocycles. The SMILES string of the molecule is Cc1cc(C(=O)NC2CCN(C(=O)CC3(CN)CCCCC3)CC2)c(C)o1. The van der Waals surface area contributed by atoms with Gasteiger partial charge in [0.1, 0.15) is 11.5 Å². The Morgan fingerprint density at radius 1 is 1.22 bits per heavy atom. The number of carbonyl (C=O) groups excluding carboxylic acids is 2. The Balaban J connectivity index is 1.49. The molecule has 2 amide bonds. The lowest BCUT2D eigenvalue weighted by molar-refractivity contribution is -0.135. The minimum atomic E-state index is -0.0848. The Bertz CT molecular complexity index is 668. The van der Waals surface area contributed by atoms with Gasteiger partial charge in [-0.15, -0.1) is 0 Å². The molecular formula is C21H33N3O3. The average molecular weight is 376 g/mol. The fourth-order valence-corrected chi connectivity index (χ4v) is 4.58. The van der Waals surface area contributed by atoms with Gasteiger partial charge in [-0.1, -0.05) is 19.3 Å². The first kappa shape index (κ1) is 19.9. The lowest BCUT2D eigenvalue weighted by atomic mass is 9.71. The van der Waals surface area contributed by atoms with Gasteiger partial charge in [-0.25, -0.2) is 0 Å². The number of nitrogens with zero attached hydrogens (tertiary/aromatic N) is 1. The molecule has 1 aromatic rings. The van der Waals surface area contributed by atoms with Crippen molar-refractivity contribution in [3.63, 3.8) is 0 Å². The molecule has 0 atom stereocenters. The number of nitrogens with two attached hydrogens (primary N) is 1. The van der Waals surface area contributed by atoms with Crippen LogP contribution in [0.15, 0.2) is 10.5 Å². The molecule has 1 saturated carbocycles. The molecule has 0 radical (unpaired) electrons. The van der Waals surface area contributed by atoms with E-state index in [0.717, 1.165) is 31.4 Å². The highest BCUT2D eigenvalue weighted by molar-refractivity contribution is 5.95. The largest absolute Gasteiger partial charge is 0.466 e. The summed E-state index contributed by atoms with van der Waals surface area (Å²) in [5.74, 6) is 1.54. The van der Waals surface area contributed by atoms with Crippen LogP contribution < -0.4 is 11.1 Å². The summed E-state index contributed by atoms with van der Waals surface area (Å²) in [4.78, 5) is 27.2. The molecular weight excluding hydrogens is 342 g/mol. The molecule has 0 spiro atoms. The number of carbonyl (C=O) groups is 2. The smallest absolute Gasteiger partial charge is 0.255 e. The molecule has 150 valence electrons. The van der Waals surface area contributed by atoms with Crippen LogP contribution in [0.2, 0.25) is 0 Å². The molecule has 0 unspecified atom stereocenters. The monoisotopic (exact) mass is 375 g/mol. The summed E-state index contributed by atoms with van der Waals surface area (Å²) in [6.07, 6.45) is 7.95. The van der Waals surface area contributed by atoms with Crippen LogP contribution in [-0.4, -0.2) is 42.4 Å². The van der Waals surface area contributed by atoms with Gasteiger partial charge in [0, 0.05) is 25.6 Å². The lowest BCUT2D eigenvalue weighted by Gasteiger charge is -2.39. The van der Waals surface area contributed by atoms with E-state index in [9.17, 15) is 9.59 Å². The van der Waals surface area contributed by atoms with Crippen molar-refractivity contribution in [3.8, 4) is 0 Å². The van der Waals surface area contributed by atoms with Gasteiger partial charge in [0.25, 0.3) is 5.91 Å². The first-order valence-corrected chi connectivity index (χ1v) is 10.3. The summed E-state index contributed by atoms with van der Waals surface area (Å²) in [5, 5.41) is 3.09. The van der Waals surface area contributed by atoms with E-state index in [1.807, 2.05) is 18.7 Å². The van der Waals surface area contributed by atoms with Crippen molar-refractivity contribution in [2.45, 2.75) is 71.3 Å². The van der Waals surface area contributed by atoms with Crippen molar-refractivity contribution >= 4 is 11.8 Å². The summed E-state index contributed by atoms with van der Waals surface area (Å²) in [5.41, 5.74) is 6.65. The number of likely N-dealkylation sites (tertiary alicyclic amines) is 1. The second kappa shape index (κ2) is 8.46. The minimum absolute atomic E-state index is 0.0110. The number of nitrogens with one attached hydrogen (secondary N) is 1. The fraction of sp³-hybridized carbons (Fsp3) is 0.714. The zero-order valence-electron chi connectivity index (χ0n) is 16.7. The Kier molecular flexibility index (Phi) is 6.25. The molecule has 3 N–H and O–H groups in total. The third-order valence-corrected chi connectivity index (χ3v) is 6.34. The molecule has 2 fully saturated rings. The van der Waals surface area contributed by atoms with Crippen LogP contribution in [0.3, 0.4) is 0 Å². The van der Waals surface area contributed by atoms with Crippen LogP contribution in [0.25, 0.3) is 0 Å². The summed E-state index contributed by atoms with van der Waals surface area (Å²) >= 11 is 0. The minimum Gasteiger partial charge on any atom is -0.466 e. The Labute approximate surface area is 161 Å². The van der Waals surface area contributed by atoms with Gasteiger partial charge in [0.15, 0.2) is 0 Å². The van der Waals surface area contributed by atoms with Gasteiger partial charge in [-0.05, 0) is 57.6 Å². The van der Waals surface area contributed by atoms with Crippen molar-refractivity contribution in [1.29, 1.82) is 0 Å². The first-order valence-electron chi connectivity index (χ1n) is 10.3. The maximum absolute atomic E-state index is 12.8. The van der Waals surface area contributed by atoms with Gasteiger partial charge in [0.2, 0.25) is 5.91 Å². The number of hydrogen-bond donors (Lipinski definition) is 2. The van der Waals surface area contributed by atoms with Crippen LogP contribution in [0.1, 0.15) is 73.2 Å². The van der Waals surface area contributed by atoms with Gasteiger partial charge in [-0.3, -0.25) is 9.59 Å². The third kappa shape index (κ3) is 4.72. The summed E-state index contributed by atoms with van der Waals surface area (Å²) in [6.45, 7) is 5.66. The summed E-state index contributed by atoms with van der Waals surface area (Å²) in [6, 6.07) is 1.88. The van der Waals surface area contributed by atoms with Crippen LogP contribution in [-0.2, 0) is 4.79 Å². The highest BCUT2D eigenvalue weighted by Gasteiger charge is 2.35. The van der Waals surface area contributed by atoms with Crippen LogP contribution in [0, 0.1) is 19.3 Å². The molecule has 3 rings (SSSR count). The van der Waals surface area contributed by atoms with Crippen molar-refractivity contribution in [3.05, 3.63) is 23.2 Å². The van der Waals surface area contributed by atoms with Crippen LogP contribution in [0.5, 0.6) is 0 Å². The molecule has 27 heavy (non-hydrogen) atoms. The second-order valence-electron chi connectivity index (χ2n) is 8.40. The molecule has 0 bridgehead atoms. The van der Waals surface area contributed by atoms with Gasteiger partial charge < -0.3 is 20.4 Å². The molecule has 1 saturated heterocycles. The van der Waals surface area contributed by atoms with E-state index >= 15 is 0 Å². The fourth-order valence-electron chi connectivity index (χ4n) is 4.58. The number of furan rings is 1. The summed E-state index contributed by atoms with van der Waals surface area (Å²) in [7, 11) is 0. The van der Waals surface area contributed by atoms with E-state index in [2.05, 4.69) is 5.32 Å². The van der Waals surface area contributed by atoms with E-state index < -0.39 is 0 Å². The zero-order valence-corrected chi connectivity index (χ0v) is 16.7. The standard InChI is InChI=1S/C21H33N3O3/c1-15-12-18(16(2)27-15)20(26)23-17-6-10-24(11-7-17)19(25)13-21(14-22)8-4-3-5-9-21/h12,17H,3-11,13-14,22H2,1-2H3,(H,23,26). The average Bonchev–Trinajstić information content (AvgIpc) is 3.01. The Hall–Kier alpha value is -1.82.